The van der Waals surface area contributed by atoms with Gasteiger partial charge in [-0.3, -0.25) is 38.6 Å². The fraction of sp³-hybridized carbons (Fsp3) is 0.586. The van der Waals surface area contributed by atoms with Crippen molar-refractivity contribution in [3.8, 4) is 5.75 Å². The molecule has 1 fully saturated rings. The summed E-state index contributed by atoms with van der Waals surface area (Å²) in [5.74, 6) is -3.38. The van der Waals surface area contributed by atoms with Crippen molar-refractivity contribution in [3.05, 3.63) is 29.8 Å². The minimum absolute atomic E-state index is 0.00521. The third-order valence-electron chi connectivity index (χ3n) is 7.18. The van der Waals surface area contributed by atoms with Crippen molar-refractivity contribution < 1.29 is 47.6 Å². The lowest BCUT2D eigenvalue weighted by atomic mass is 10.00. The lowest BCUT2D eigenvalue weighted by Gasteiger charge is -2.31. The zero-order valence-corrected chi connectivity index (χ0v) is 27.6. The molecule has 17 heteroatoms. The Labute approximate surface area is 268 Å². The van der Waals surface area contributed by atoms with E-state index in [0.29, 0.717) is 18.4 Å². The maximum atomic E-state index is 13.9. The number of carbonyl (C=O) groups excluding carboxylic acids is 6. The van der Waals surface area contributed by atoms with E-state index >= 15 is 0 Å². The Bertz CT molecular complexity index is 1320. The van der Waals surface area contributed by atoms with Crippen LogP contribution in [-0.2, 0) is 39.8 Å². The first-order valence-corrected chi connectivity index (χ1v) is 16.4. The van der Waals surface area contributed by atoms with E-state index in [1.807, 2.05) is 13.8 Å². The fourth-order valence-electron chi connectivity index (χ4n) is 5.11. The highest BCUT2D eigenvalue weighted by Gasteiger charge is 2.39. The minimum atomic E-state index is -4.76. The summed E-state index contributed by atoms with van der Waals surface area (Å²) in [6, 6.07) is 1.51. The Morgan fingerprint density at radius 2 is 1.65 bits per heavy atom. The Morgan fingerprint density at radius 3 is 2.17 bits per heavy atom. The third-order valence-corrected chi connectivity index (χ3v) is 7.63. The highest BCUT2D eigenvalue weighted by Crippen LogP contribution is 2.37. The molecule has 7 N–H and O–H groups in total. The van der Waals surface area contributed by atoms with Crippen LogP contribution >= 0.6 is 7.82 Å². The highest BCUT2D eigenvalue weighted by molar-refractivity contribution is 7.46. The third kappa shape index (κ3) is 12.4. The molecule has 1 heterocycles. The van der Waals surface area contributed by atoms with E-state index in [1.165, 1.54) is 55.1 Å². The van der Waals surface area contributed by atoms with E-state index in [-0.39, 0.29) is 43.9 Å². The van der Waals surface area contributed by atoms with Gasteiger partial charge in [-0.05, 0) is 49.3 Å². The van der Waals surface area contributed by atoms with Crippen molar-refractivity contribution in [2.45, 2.75) is 83.5 Å². The van der Waals surface area contributed by atoms with Crippen molar-refractivity contribution >= 4 is 43.3 Å². The number of rotatable bonds is 16. The van der Waals surface area contributed by atoms with Gasteiger partial charge in [-0.1, -0.05) is 26.0 Å². The van der Waals surface area contributed by atoms with Crippen LogP contribution in [0.2, 0.25) is 0 Å². The quantitative estimate of drug-likeness (QED) is 0.124. The van der Waals surface area contributed by atoms with E-state index in [1.54, 1.807) is 0 Å². The first-order valence-electron chi connectivity index (χ1n) is 14.9. The predicted octanol–water partition coefficient (Wildman–Crippen LogP) is -0.434. The smallest absolute Gasteiger partial charge is 0.404 e. The van der Waals surface area contributed by atoms with Crippen LogP contribution in [0.25, 0.3) is 0 Å². The van der Waals surface area contributed by atoms with Crippen LogP contribution in [0.5, 0.6) is 5.75 Å². The molecule has 0 unspecified atom stereocenters. The van der Waals surface area contributed by atoms with E-state index in [2.05, 4.69) is 20.5 Å². The summed E-state index contributed by atoms with van der Waals surface area (Å²) in [6.07, 6.45) is 0.934. The maximum absolute atomic E-state index is 13.9. The fourth-order valence-corrected chi connectivity index (χ4v) is 5.50. The lowest BCUT2D eigenvalue weighted by Crippen LogP contribution is -2.58. The normalized spacial score (nSPS) is 16.6. The largest absolute Gasteiger partial charge is 0.524 e. The second kappa shape index (κ2) is 17.1. The molecule has 256 valence electrons. The number of amides is 6. The van der Waals surface area contributed by atoms with E-state index in [9.17, 15) is 33.3 Å². The van der Waals surface area contributed by atoms with Gasteiger partial charge in [0.1, 0.15) is 29.9 Å². The van der Waals surface area contributed by atoms with Gasteiger partial charge in [-0.15, -0.1) is 0 Å². The molecule has 0 aliphatic carbocycles. The van der Waals surface area contributed by atoms with Gasteiger partial charge in [0.2, 0.25) is 35.4 Å². The average molecular weight is 669 g/mol. The Morgan fingerprint density at radius 1 is 1.02 bits per heavy atom. The number of benzene rings is 1. The standard InChI is InChI=1S/C29H45N6O10P/c1-17(2)15-23(33-26(38)22(31-18(3)36)16-19-8-10-20(11-9-19)45-46(42,43)44)29(41)35-14-6-7-24(35)27(39)32-21(12-13-25(30)37)28(40)34(4)5/h8-11,17,21-24H,6-7,12-16H2,1-5H3,(H2,30,37)(H,31,36)(H,32,39)(H,33,38)(H2,42,43,44)/t21-,22-,23-,24-/m0/s1. The van der Waals surface area contributed by atoms with Crippen molar-refractivity contribution in [1.29, 1.82) is 0 Å². The molecule has 1 aromatic rings. The number of nitrogens with one attached hydrogen (secondary N) is 3. The number of hydrogen-bond acceptors (Lipinski definition) is 8. The monoisotopic (exact) mass is 668 g/mol. The number of likely N-dealkylation sites (tertiary alicyclic amines) is 1. The summed E-state index contributed by atoms with van der Waals surface area (Å²) in [5, 5.41) is 7.98. The number of phosphoric acid groups is 1. The van der Waals surface area contributed by atoms with Crippen LogP contribution in [-0.4, -0.2) is 99.8 Å². The summed E-state index contributed by atoms with van der Waals surface area (Å²) >= 11 is 0. The van der Waals surface area contributed by atoms with Crippen LogP contribution in [0.4, 0.5) is 0 Å². The van der Waals surface area contributed by atoms with Crippen LogP contribution in [0.3, 0.4) is 0 Å². The summed E-state index contributed by atoms with van der Waals surface area (Å²) < 4.78 is 15.6. The van der Waals surface area contributed by atoms with Gasteiger partial charge >= 0.3 is 7.82 Å². The molecule has 0 radical (unpaired) electrons. The molecule has 1 aliphatic heterocycles. The van der Waals surface area contributed by atoms with Gasteiger partial charge in [-0.25, -0.2) is 4.57 Å². The van der Waals surface area contributed by atoms with E-state index in [0.717, 1.165) is 0 Å². The van der Waals surface area contributed by atoms with Crippen molar-refractivity contribution in [2.24, 2.45) is 11.7 Å². The van der Waals surface area contributed by atoms with Crippen LogP contribution < -0.4 is 26.2 Å². The molecule has 6 amide bonds. The van der Waals surface area contributed by atoms with Crippen LogP contribution in [0.1, 0.15) is 58.4 Å². The van der Waals surface area contributed by atoms with Gasteiger partial charge in [0.25, 0.3) is 0 Å². The number of phosphoric ester groups is 1. The molecule has 1 saturated heterocycles. The maximum Gasteiger partial charge on any atom is 0.524 e. The first-order chi connectivity index (χ1) is 21.4. The minimum Gasteiger partial charge on any atom is -0.404 e. The van der Waals surface area contributed by atoms with Gasteiger partial charge < -0.3 is 36.0 Å². The number of carbonyl (C=O) groups is 6. The molecular weight excluding hydrogens is 623 g/mol. The van der Waals surface area contributed by atoms with Crippen molar-refractivity contribution in [1.82, 2.24) is 25.8 Å². The summed E-state index contributed by atoms with van der Waals surface area (Å²) in [7, 11) is -1.73. The zero-order chi connectivity index (χ0) is 34.8. The molecular formula is C29H45N6O10P. The second-order valence-electron chi connectivity index (χ2n) is 11.9. The average Bonchev–Trinajstić information content (AvgIpc) is 3.43. The molecule has 1 aromatic carbocycles. The van der Waals surface area contributed by atoms with Crippen molar-refractivity contribution in [2.75, 3.05) is 20.6 Å². The number of nitrogens with two attached hydrogens (primary N) is 1. The molecule has 0 aromatic heterocycles. The Balaban J connectivity index is 2.23. The molecule has 0 spiro atoms. The lowest BCUT2D eigenvalue weighted by molar-refractivity contribution is -0.143. The number of hydrogen-bond donors (Lipinski definition) is 6. The van der Waals surface area contributed by atoms with Gasteiger partial charge in [0, 0.05) is 40.4 Å². The number of primary amides is 1. The summed E-state index contributed by atoms with van der Waals surface area (Å²) in [4.78, 5) is 97.4. The molecule has 0 bridgehead atoms. The van der Waals surface area contributed by atoms with E-state index in [4.69, 9.17) is 15.5 Å². The van der Waals surface area contributed by atoms with Crippen LogP contribution in [0, 0.1) is 5.92 Å². The van der Waals surface area contributed by atoms with Gasteiger partial charge in [0.05, 0.1) is 0 Å². The van der Waals surface area contributed by atoms with E-state index < -0.39 is 67.4 Å². The molecule has 4 atom stereocenters. The summed E-state index contributed by atoms with van der Waals surface area (Å²) in [5.41, 5.74) is 5.78. The second-order valence-corrected chi connectivity index (χ2v) is 13.0. The number of likely N-dealkylation sites (N-methyl/N-ethyl adjacent to an activating group) is 1. The number of nitrogens with zero attached hydrogens (tertiary/aromatic N) is 2. The molecule has 46 heavy (non-hydrogen) atoms. The topological polar surface area (TPSA) is 238 Å². The van der Waals surface area contributed by atoms with Crippen molar-refractivity contribution in [3.63, 3.8) is 0 Å². The molecule has 16 nitrogen and oxygen atoms in total. The first kappa shape index (κ1) is 38.2. The van der Waals surface area contributed by atoms with Gasteiger partial charge in [0.15, 0.2) is 0 Å². The Hall–Kier alpha value is -4.01. The summed E-state index contributed by atoms with van der Waals surface area (Å²) in [6.45, 7) is 5.21. The molecule has 1 aliphatic rings. The SMILES string of the molecule is CC(=O)N[C@@H](Cc1ccc(OP(=O)(O)O)cc1)C(=O)N[C@@H](CC(C)C)C(=O)N1CCC[C@H]1C(=O)N[C@@H](CCC(N)=O)C(=O)N(C)C. The highest BCUT2D eigenvalue weighted by atomic mass is 31.2. The zero-order valence-electron chi connectivity index (χ0n) is 26.7. The van der Waals surface area contributed by atoms with Gasteiger partial charge in [-0.2, -0.15) is 0 Å². The molecule has 0 saturated carbocycles. The van der Waals surface area contributed by atoms with Crippen LogP contribution in [0.15, 0.2) is 24.3 Å². The Kier molecular flexibility index (Phi) is 14.2. The molecule has 2 rings (SSSR count). The predicted molar refractivity (Wildman–Crippen MR) is 166 cm³/mol.